The number of halogens is 2. The molecule has 0 bridgehead atoms. The van der Waals surface area contributed by atoms with Crippen LogP contribution in [0.5, 0.6) is 0 Å². The Labute approximate surface area is 207 Å². The van der Waals surface area contributed by atoms with Crippen LogP contribution in [-0.2, 0) is 24.6 Å². The molecule has 9 heteroatoms. The van der Waals surface area contributed by atoms with Crippen molar-refractivity contribution in [2.45, 2.75) is 32.8 Å². The summed E-state index contributed by atoms with van der Waals surface area (Å²) in [6.07, 6.45) is -0.837. The van der Waals surface area contributed by atoms with E-state index >= 15 is 4.39 Å². The summed E-state index contributed by atoms with van der Waals surface area (Å²) in [5, 5.41) is 14.1. The fourth-order valence-electron chi connectivity index (χ4n) is 4.55. The van der Waals surface area contributed by atoms with E-state index in [1.165, 1.54) is 24.1 Å². The summed E-state index contributed by atoms with van der Waals surface area (Å²) in [4.78, 5) is 26.3. The summed E-state index contributed by atoms with van der Waals surface area (Å²) in [5.74, 6) is -0.580. The molecule has 1 atom stereocenters. The van der Waals surface area contributed by atoms with Gasteiger partial charge in [0.2, 0.25) is 0 Å². The van der Waals surface area contributed by atoms with E-state index in [2.05, 4.69) is 5.10 Å². The van der Waals surface area contributed by atoms with Crippen molar-refractivity contribution in [2.24, 2.45) is 7.05 Å². The minimum absolute atomic E-state index is 0.0128. The Morgan fingerprint density at radius 2 is 1.89 bits per heavy atom. The Kier molecular flexibility index (Phi) is 7.23. The van der Waals surface area contributed by atoms with Crippen molar-refractivity contribution in [3.63, 3.8) is 0 Å². The van der Waals surface area contributed by atoms with Crippen LogP contribution in [0.4, 0.5) is 9.18 Å². The van der Waals surface area contributed by atoms with Crippen LogP contribution < -0.4 is 5.56 Å². The van der Waals surface area contributed by atoms with Gasteiger partial charge in [-0.1, -0.05) is 41.4 Å². The first kappa shape index (κ1) is 24.9. The zero-order valence-electron chi connectivity index (χ0n) is 19.8. The van der Waals surface area contributed by atoms with Gasteiger partial charge in [0.05, 0.1) is 24.4 Å². The topological polar surface area (TPSA) is 84.7 Å². The first-order valence-electron chi connectivity index (χ1n) is 11.4. The summed E-state index contributed by atoms with van der Waals surface area (Å²) >= 11 is 6.57. The molecule has 1 unspecified atom stereocenters. The van der Waals surface area contributed by atoms with Crippen LogP contribution in [0.3, 0.4) is 0 Å². The van der Waals surface area contributed by atoms with Gasteiger partial charge in [-0.3, -0.25) is 4.79 Å². The minimum Gasteiger partial charge on any atom is -0.465 e. The smallest absolute Gasteiger partial charge is 0.407 e. The van der Waals surface area contributed by atoms with E-state index in [0.29, 0.717) is 34.7 Å². The molecule has 0 aliphatic carbocycles. The third-order valence-electron chi connectivity index (χ3n) is 6.37. The lowest BCUT2D eigenvalue weighted by molar-refractivity contribution is -0.0235. The lowest BCUT2D eigenvalue weighted by Crippen LogP contribution is -2.42. The number of morpholine rings is 1. The summed E-state index contributed by atoms with van der Waals surface area (Å²) in [6, 6.07) is 10.8. The number of carbonyl (C=O) groups is 1. The van der Waals surface area contributed by atoms with Gasteiger partial charge in [0.25, 0.3) is 5.56 Å². The summed E-state index contributed by atoms with van der Waals surface area (Å²) in [5.41, 5.74) is 3.29. The van der Waals surface area contributed by atoms with Crippen LogP contribution in [0.15, 0.2) is 41.2 Å². The molecule has 1 aliphatic rings. The van der Waals surface area contributed by atoms with Crippen LogP contribution >= 0.6 is 11.6 Å². The van der Waals surface area contributed by atoms with E-state index < -0.39 is 23.6 Å². The Morgan fingerprint density at radius 1 is 1.17 bits per heavy atom. The Hall–Kier alpha value is -3.23. The quantitative estimate of drug-likeness (QED) is 0.550. The highest BCUT2D eigenvalue weighted by atomic mass is 35.5. The van der Waals surface area contributed by atoms with E-state index in [0.717, 1.165) is 15.8 Å². The standard InChI is InChI=1S/C26H27ClFN3O4/c1-15-4-6-17(7-5-15)8-9-18-19(27)10-11-20(28)23(18)24-22(16(2)29-30(3)25(24)32)21-14-31(26(33)34)12-13-35-21/h4-7,10-11,21H,8-9,12-14H2,1-3H3,(H,33,34). The predicted octanol–water partition coefficient (Wildman–Crippen LogP) is 4.69. The molecule has 184 valence electrons. The average molecular weight is 500 g/mol. The molecule has 0 spiro atoms. The maximum atomic E-state index is 15.5. The van der Waals surface area contributed by atoms with Gasteiger partial charge in [-0.05, 0) is 49.9 Å². The average Bonchev–Trinajstić information content (AvgIpc) is 2.83. The number of rotatable bonds is 5. The van der Waals surface area contributed by atoms with Crippen LogP contribution in [-0.4, -0.2) is 45.6 Å². The van der Waals surface area contributed by atoms with Gasteiger partial charge in [0.1, 0.15) is 11.9 Å². The van der Waals surface area contributed by atoms with Crippen molar-refractivity contribution >= 4 is 17.7 Å². The van der Waals surface area contributed by atoms with E-state index in [1.807, 2.05) is 31.2 Å². The lowest BCUT2D eigenvalue weighted by Gasteiger charge is -2.33. The first-order chi connectivity index (χ1) is 16.7. The Morgan fingerprint density at radius 3 is 2.57 bits per heavy atom. The Balaban J connectivity index is 1.86. The number of hydrogen-bond acceptors (Lipinski definition) is 4. The van der Waals surface area contributed by atoms with Crippen LogP contribution in [0.2, 0.25) is 5.02 Å². The lowest BCUT2D eigenvalue weighted by atomic mass is 9.89. The van der Waals surface area contributed by atoms with E-state index in [4.69, 9.17) is 16.3 Å². The fraction of sp³-hybridized carbons (Fsp3) is 0.346. The van der Waals surface area contributed by atoms with Gasteiger partial charge < -0.3 is 14.7 Å². The number of amides is 1. The SMILES string of the molecule is Cc1ccc(CCc2c(Cl)ccc(F)c2-c2c(C3CN(C(=O)O)CCO3)c(C)nn(C)c2=O)cc1. The van der Waals surface area contributed by atoms with Gasteiger partial charge in [0.15, 0.2) is 0 Å². The number of benzene rings is 2. The molecule has 1 aromatic heterocycles. The minimum atomic E-state index is -1.08. The number of aromatic nitrogens is 2. The molecule has 7 nitrogen and oxygen atoms in total. The molecule has 2 heterocycles. The van der Waals surface area contributed by atoms with E-state index in [-0.39, 0.29) is 30.8 Å². The van der Waals surface area contributed by atoms with Gasteiger partial charge in [-0.15, -0.1) is 0 Å². The third-order valence-corrected chi connectivity index (χ3v) is 6.72. The van der Waals surface area contributed by atoms with Gasteiger partial charge in [0, 0.05) is 29.7 Å². The van der Waals surface area contributed by atoms with Crippen LogP contribution in [0, 0.1) is 19.7 Å². The summed E-state index contributed by atoms with van der Waals surface area (Å²) in [7, 11) is 1.50. The first-order valence-corrected chi connectivity index (χ1v) is 11.7. The largest absolute Gasteiger partial charge is 0.465 e. The maximum absolute atomic E-state index is 15.5. The van der Waals surface area contributed by atoms with Crippen molar-refractivity contribution in [3.05, 3.63) is 85.5 Å². The van der Waals surface area contributed by atoms with Gasteiger partial charge >= 0.3 is 6.09 Å². The molecule has 1 fully saturated rings. The highest BCUT2D eigenvalue weighted by molar-refractivity contribution is 6.31. The zero-order chi connectivity index (χ0) is 25.3. The normalized spacial score (nSPS) is 15.9. The van der Waals surface area contributed by atoms with Gasteiger partial charge in [-0.2, -0.15) is 5.10 Å². The van der Waals surface area contributed by atoms with E-state index in [1.54, 1.807) is 6.92 Å². The van der Waals surface area contributed by atoms with Gasteiger partial charge in [-0.25, -0.2) is 13.9 Å². The number of aryl methyl sites for hydroxylation is 4. The summed E-state index contributed by atoms with van der Waals surface area (Å²) < 4.78 is 22.6. The van der Waals surface area contributed by atoms with Crippen LogP contribution in [0.25, 0.3) is 11.1 Å². The maximum Gasteiger partial charge on any atom is 0.407 e. The molecule has 3 aromatic rings. The van der Waals surface area contributed by atoms with E-state index in [9.17, 15) is 14.7 Å². The molecule has 1 aliphatic heterocycles. The zero-order valence-corrected chi connectivity index (χ0v) is 20.6. The number of nitrogens with zero attached hydrogens (tertiary/aromatic N) is 3. The fourth-order valence-corrected chi connectivity index (χ4v) is 4.80. The molecule has 0 radical (unpaired) electrons. The monoisotopic (exact) mass is 499 g/mol. The molecular formula is C26H27ClFN3O4. The summed E-state index contributed by atoms with van der Waals surface area (Å²) in [6.45, 7) is 4.09. The molecule has 4 rings (SSSR count). The molecular weight excluding hydrogens is 473 g/mol. The van der Waals surface area contributed by atoms with Crippen molar-refractivity contribution in [2.75, 3.05) is 19.7 Å². The number of hydrogen-bond donors (Lipinski definition) is 1. The van der Waals surface area contributed by atoms with Crippen molar-refractivity contribution in [3.8, 4) is 11.1 Å². The Bertz CT molecular complexity index is 1320. The molecule has 1 saturated heterocycles. The highest BCUT2D eigenvalue weighted by Crippen LogP contribution is 2.37. The molecule has 2 aromatic carbocycles. The van der Waals surface area contributed by atoms with Crippen molar-refractivity contribution in [1.29, 1.82) is 0 Å². The second-order valence-electron chi connectivity index (χ2n) is 8.76. The predicted molar refractivity (Wildman–Crippen MR) is 131 cm³/mol. The number of ether oxygens (including phenoxy) is 1. The van der Waals surface area contributed by atoms with Crippen molar-refractivity contribution < 1.29 is 19.0 Å². The third kappa shape index (κ3) is 5.09. The molecule has 1 N–H and O–H groups in total. The molecule has 0 saturated carbocycles. The van der Waals surface area contributed by atoms with Crippen molar-refractivity contribution in [1.82, 2.24) is 14.7 Å². The highest BCUT2D eigenvalue weighted by Gasteiger charge is 2.32. The second-order valence-corrected chi connectivity index (χ2v) is 9.17. The molecule has 35 heavy (non-hydrogen) atoms. The number of carboxylic acid groups (broad SMARTS) is 1. The van der Waals surface area contributed by atoms with Crippen LogP contribution in [0.1, 0.15) is 34.1 Å². The molecule has 1 amide bonds. The second kappa shape index (κ2) is 10.2.